The van der Waals surface area contributed by atoms with Gasteiger partial charge in [0.15, 0.2) is 0 Å². The van der Waals surface area contributed by atoms with E-state index < -0.39 is 0 Å². The normalized spacial score (nSPS) is 16.2. The quantitative estimate of drug-likeness (QED) is 0.862. The molecule has 18 heavy (non-hydrogen) atoms. The molecule has 4 nitrogen and oxygen atoms in total. The van der Waals surface area contributed by atoms with Crippen LogP contribution < -0.4 is 10.5 Å². The van der Waals surface area contributed by atoms with E-state index in [4.69, 9.17) is 10.5 Å². The van der Waals surface area contributed by atoms with E-state index in [9.17, 15) is 0 Å². The Bertz CT molecular complexity index is 400. The Morgan fingerprint density at radius 2 is 2.06 bits per heavy atom. The molecular formula is C14H23N3O. The van der Waals surface area contributed by atoms with Crippen molar-refractivity contribution in [1.82, 2.24) is 9.88 Å². The molecular weight excluding hydrogens is 226 g/mol. The van der Waals surface area contributed by atoms with Crippen molar-refractivity contribution in [3.63, 3.8) is 0 Å². The van der Waals surface area contributed by atoms with Gasteiger partial charge < -0.3 is 10.5 Å². The van der Waals surface area contributed by atoms with E-state index in [-0.39, 0.29) is 0 Å². The molecule has 1 saturated heterocycles. The van der Waals surface area contributed by atoms with Crippen LogP contribution in [0.4, 0.5) is 0 Å². The van der Waals surface area contributed by atoms with Crippen LogP contribution in [0.15, 0.2) is 6.07 Å². The van der Waals surface area contributed by atoms with Gasteiger partial charge in [0, 0.05) is 36.1 Å². The Labute approximate surface area is 109 Å². The molecule has 0 saturated carbocycles. The number of nitrogens with two attached hydrogens (primary N) is 1. The van der Waals surface area contributed by atoms with Crippen molar-refractivity contribution in [3.05, 3.63) is 23.0 Å². The number of hydrogen-bond donors (Lipinski definition) is 1. The molecule has 0 bridgehead atoms. The molecule has 2 N–H and O–H groups in total. The highest BCUT2D eigenvalue weighted by molar-refractivity contribution is 5.37. The van der Waals surface area contributed by atoms with Crippen LogP contribution in [0.2, 0.25) is 0 Å². The summed E-state index contributed by atoms with van der Waals surface area (Å²) in [5.41, 5.74) is 8.76. The largest absolute Gasteiger partial charge is 0.492 e. The minimum Gasteiger partial charge on any atom is -0.492 e. The number of aromatic nitrogens is 1. The van der Waals surface area contributed by atoms with E-state index >= 15 is 0 Å². The predicted octanol–water partition coefficient (Wildman–Crippen LogP) is 1.63. The summed E-state index contributed by atoms with van der Waals surface area (Å²) in [7, 11) is 0. The number of hydrogen-bond acceptors (Lipinski definition) is 4. The average molecular weight is 249 g/mol. The molecule has 2 heterocycles. The Hall–Kier alpha value is -1.13. The standard InChI is InChI=1S/C14H23N3O/c1-11-9-14(13(10-15)12(2)16-11)18-8-7-17-5-3-4-6-17/h9H,3-8,10,15H2,1-2H3. The maximum Gasteiger partial charge on any atom is 0.127 e. The maximum absolute atomic E-state index is 5.89. The van der Waals surface area contributed by atoms with Crippen molar-refractivity contribution in [3.8, 4) is 5.75 Å². The van der Waals surface area contributed by atoms with Crippen molar-refractivity contribution in [2.45, 2.75) is 33.2 Å². The molecule has 1 fully saturated rings. The van der Waals surface area contributed by atoms with Crippen molar-refractivity contribution in [1.29, 1.82) is 0 Å². The van der Waals surface area contributed by atoms with Gasteiger partial charge in [-0.1, -0.05) is 0 Å². The highest BCUT2D eigenvalue weighted by Gasteiger charge is 2.12. The zero-order valence-corrected chi connectivity index (χ0v) is 11.4. The molecule has 1 aromatic rings. The summed E-state index contributed by atoms with van der Waals surface area (Å²) in [6, 6.07) is 1.99. The lowest BCUT2D eigenvalue weighted by molar-refractivity contribution is 0.236. The molecule has 1 aliphatic rings. The number of rotatable bonds is 5. The van der Waals surface area contributed by atoms with Gasteiger partial charge in [-0.25, -0.2) is 0 Å². The van der Waals surface area contributed by atoms with Crippen LogP contribution in [-0.2, 0) is 6.54 Å². The molecule has 1 aromatic heterocycles. The van der Waals surface area contributed by atoms with Gasteiger partial charge in [0.25, 0.3) is 0 Å². The monoisotopic (exact) mass is 249 g/mol. The number of likely N-dealkylation sites (tertiary alicyclic amines) is 1. The number of pyridine rings is 1. The van der Waals surface area contributed by atoms with E-state index in [2.05, 4.69) is 9.88 Å². The van der Waals surface area contributed by atoms with Gasteiger partial charge in [-0.2, -0.15) is 0 Å². The molecule has 0 aromatic carbocycles. The Kier molecular flexibility index (Phi) is 4.55. The summed E-state index contributed by atoms with van der Waals surface area (Å²) >= 11 is 0. The summed E-state index contributed by atoms with van der Waals surface area (Å²) in [4.78, 5) is 6.87. The molecule has 0 atom stereocenters. The smallest absolute Gasteiger partial charge is 0.127 e. The lowest BCUT2D eigenvalue weighted by Crippen LogP contribution is -2.25. The van der Waals surface area contributed by atoms with E-state index in [0.717, 1.165) is 35.9 Å². The first kappa shape index (κ1) is 13.3. The first-order chi connectivity index (χ1) is 8.70. The van der Waals surface area contributed by atoms with E-state index in [1.54, 1.807) is 0 Å². The van der Waals surface area contributed by atoms with Crippen LogP contribution in [0, 0.1) is 13.8 Å². The zero-order chi connectivity index (χ0) is 13.0. The average Bonchev–Trinajstić information content (AvgIpc) is 2.81. The second kappa shape index (κ2) is 6.16. The van der Waals surface area contributed by atoms with Crippen LogP contribution in [0.1, 0.15) is 29.8 Å². The summed E-state index contributed by atoms with van der Waals surface area (Å²) in [6.45, 7) is 8.62. The molecule has 4 heteroatoms. The fourth-order valence-electron chi connectivity index (χ4n) is 2.49. The minimum absolute atomic E-state index is 0.484. The Morgan fingerprint density at radius 3 is 2.72 bits per heavy atom. The molecule has 0 spiro atoms. The first-order valence-corrected chi connectivity index (χ1v) is 6.73. The lowest BCUT2D eigenvalue weighted by atomic mass is 10.1. The van der Waals surface area contributed by atoms with E-state index in [1.165, 1.54) is 25.9 Å². The molecule has 0 amide bonds. The third-order valence-corrected chi connectivity index (χ3v) is 3.49. The first-order valence-electron chi connectivity index (χ1n) is 6.73. The van der Waals surface area contributed by atoms with Gasteiger partial charge in [-0.3, -0.25) is 9.88 Å². The summed E-state index contributed by atoms with van der Waals surface area (Å²) in [5.74, 6) is 0.904. The molecule has 100 valence electrons. The molecule has 0 unspecified atom stereocenters. The van der Waals surface area contributed by atoms with Crippen LogP contribution in [0.5, 0.6) is 5.75 Å². The van der Waals surface area contributed by atoms with Gasteiger partial charge in [0.1, 0.15) is 12.4 Å². The SMILES string of the molecule is Cc1cc(OCCN2CCCC2)c(CN)c(C)n1. The molecule has 0 aliphatic carbocycles. The van der Waals surface area contributed by atoms with Crippen LogP contribution in [0.3, 0.4) is 0 Å². The van der Waals surface area contributed by atoms with Crippen LogP contribution in [0.25, 0.3) is 0 Å². The number of ether oxygens (including phenoxy) is 1. The van der Waals surface area contributed by atoms with Crippen molar-refractivity contribution in [2.75, 3.05) is 26.2 Å². The highest BCUT2D eigenvalue weighted by Crippen LogP contribution is 2.21. The van der Waals surface area contributed by atoms with E-state index in [1.807, 2.05) is 19.9 Å². The summed E-state index contributed by atoms with van der Waals surface area (Å²) < 4.78 is 5.89. The lowest BCUT2D eigenvalue weighted by Gasteiger charge is -2.17. The number of nitrogens with zero attached hydrogens (tertiary/aromatic N) is 2. The van der Waals surface area contributed by atoms with Gasteiger partial charge in [0.05, 0.1) is 0 Å². The van der Waals surface area contributed by atoms with Gasteiger partial charge >= 0.3 is 0 Å². The second-order valence-electron chi connectivity index (χ2n) is 4.93. The maximum atomic E-state index is 5.89. The summed E-state index contributed by atoms with van der Waals surface area (Å²) in [5, 5.41) is 0. The molecule has 0 radical (unpaired) electrons. The van der Waals surface area contributed by atoms with Crippen molar-refractivity contribution < 1.29 is 4.74 Å². The molecule has 2 rings (SSSR count). The van der Waals surface area contributed by atoms with Gasteiger partial charge in [0.2, 0.25) is 0 Å². The topological polar surface area (TPSA) is 51.4 Å². The van der Waals surface area contributed by atoms with Crippen LogP contribution >= 0.6 is 0 Å². The van der Waals surface area contributed by atoms with Gasteiger partial charge in [-0.05, 0) is 39.8 Å². The van der Waals surface area contributed by atoms with E-state index in [0.29, 0.717) is 6.54 Å². The van der Waals surface area contributed by atoms with Gasteiger partial charge in [-0.15, -0.1) is 0 Å². The molecule has 1 aliphatic heterocycles. The minimum atomic E-state index is 0.484. The highest BCUT2D eigenvalue weighted by atomic mass is 16.5. The number of aryl methyl sites for hydroxylation is 2. The zero-order valence-electron chi connectivity index (χ0n) is 11.4. The van der Waals surface area contributed by atoms with Crippen molar-refractivity contribution >= 4 is 0 Å². The predicted molar refractivity (Wildman–Crippen MR) is 72.8 cm³/mol. The fourth-order valence-corrected chi connectivity index (χ4v) is 2.49. The Balaban J connectivity index is 1.95. The Morgan fingerprint density at radius 1 is 1.33 bits per heavy atom. The summed E-state index contributed by atoms with van der Waals surface area (Å²) in [6.07, 6.45) is 2.64. The second-order valence-corrected chi connectivity index (χ2v) is 4.93. The van der Waals surface area contributed by atoms with Crippen LogP contribution in [-0.4, -0.2) is 36.1 Å². The third-order valence-electron chi connectivity index (χ3n) is 3.49. The van der Waals surface area contributed by atoms with Crippen molar-refractivity contribution in [2.24, 2.45) is 5.73 Å². The third kappa shape index (κ3) is 3.21. The fraction of sp³-hybridized carbons (Fsp3) is 0.643.